The van der Waals surface area contributed by atoms with E-state index in [1.165, 1.54) is 6.33 Å². The van der Waals surface area contributed by atoms with Gasteiger partial charge in [0.15, 0.2) is 0 Å². The van der Waals surface area contributed by atoms with Crippen molar-refractivity contribution >= 4 is 5.91 Å². The van der Waals surface area contributed by atoms with Crippen molar-refractivity contribution in [1.82, 2.24) is 15.3 Å². The highest BCUT2D eigenvalue weighted by Gasteiger charge is 2.04. The molecule has 0 aliphatic carbocycles. The largest absolute Gasteiger partial charge is 0.355 e. The molecule has 16 heavy (non-hydrogen) atoms. The van der Waals surface area contributed by atoms with Crippen molar-refractivity contribution in [2.45, 2.75) is 0 Å². The van der Waals surface area contributed by atoms with Crippen LogP contribution in [0.4, 0.5) is 0 Å². The molecule has 1 heterocycles. The molecule has 0 atom stereocenters. The smallest absolute Gasteiger partial charge is 0.251 e. The monoisotopic (exact) mass is 213 g/mol. The highest BCUT2D eigenvalue weighted by atomic mass is 16.1. The minimum Gasteiger partial charge on any atom is -0.355 e. The number of nitrogens with one attached hydrogen (secondary N) is 1. The molecule has 0 fully saturated rings. The van der Waals surface area contributed by atoms with E-state index in [0.717, 1.165) is 11.1 Å². The Labute approximate surface area is 93.4 Å². The fourth-order valence-electron chi connectivity index (χ4n) is 1.43. The molecule has 0 radical (unpaired) electrons. The third-order valence-corrected chi connectivity index (χ3v) is 2.25. The predicted octanol–water partition coefficient (Wildman–Crippen LogP) is 1.50. The second-order valence-electron chi connectivity index (χ2n) is 3.29. The lowest BCUT2D eigenvalue weighted by molar-refractivity contribution is 0.0963. The molecule has 0 spiro atoms. The van der Waals surface area contributed by atoms with Crippen molar-refractivity contribution in [2.24, 2.45) is 0 Å². The lowest BCUT2D eigenvalue weighted by Crippen LogP contribution is -2.17. The number of hydrogen-bond acceptors (Lipinski definition) is 3. The van der Waals surface area contributed by atoms with Crippen molar-refractivity contribution in [1.29, 1.82) is 0 Å². The Balaban J connectivity index is 2.40. The van der Waals surface area contributed by atoms with E-state index in [1.54, 1.807) is 25.5 Å². The normalized spacial score (nSPS) is 9.81. The summed E-state index contributed by atoms with van der Waals surface area (Å²) in [6, 6.07) is 7.35. The van der Waals surface area contributed by atoms with Crippen LogP contribution in [0.25, 0.3) is 11.1 Å². The van der Waals surface area contributed by atoms with Crippen LogP contribution in [0, 0.1) is 0 Å². The predicted molar refractivity (Wildman–Crippen MR) is 60.9 cm³/mol. The van der Waals surface area contributed by atoms with E-state index in [2.05, 4.69) is 15.3 Å². The zero-order valence-electron chi connectivity index (χ0n) is 8.84. The molecular formula is C12H11N3O. The summed E-state index contributed by atoms with van der Waals surface area (Å²) in [7, 11) is 1.61. The van der Waals surface area contributed by atoms with Crippen LogP contribution in [0.1, 0.15) is 10.4 Å². The molecule has 0 bridgehead atoms. The molecule has 4 nitrogen and oxygen atoms in total. The lowest BCUT2D eigenvalue weighted by atomic mass is 10.1. The second-order valence-corrected chi connectivity index (χ2v) is 3.29. The third kappa shape index (κ3) is 2.06. The topological polar surface area (TPSA) is 54.9 Å². The minimum absolute atomic E-state index is 0.0984. The Morgan fingerprint density at radius 1 is 1.19 bits per heavy atom. The number of rotatable bonds is 2. The molecule has 1 aromatic carbocycles. The Kier molecular flexibility index (Phi) is 2.91. The molecule has 0 unspecified atom stereocenters. The van der Waals surface area contributed by atoms with Gasteiger partial charge in [0.2, 0.25) is 0 Å². The van der Waals surface area contributed by atoms with Gasteiger partial charge in [-0.1, -0.05) is 12.1 Å². The van der Waals surface area contributed by atoms with E-state index >= 15 is 0 Å². The Morgan fingerprint density at radius 3 is 2.62 bits per heavy atom. The molecule has 4 heteroatoms. The number of amides is 1. The van der Waals surface area contributed by atoms with Crippen LogP contribution in [-0.2, 0) is 0 Å². The molecule has 1 amide bonds. The van der Waals surface area contributed by atoms with Gasteiger partial charge in [0.1, 0.15) is 6.33 Å². The van der Waals surface area contributed by atoms with Gasteiger partial charge in [0.25, 0.3) is 5.91 Å². The van der Waals surface area contributed by atoms with E-state index in [1.807, 2.05) is 18.2 Å². The van der Waals surface area contributed by atoms with Crippen LogP contribution in [0.2, 0.25) is 0 Å². The summed E-state index contributed by atoms with van der Waals surface area (Å²) >= 11 is 0. The number of carbonyl (C=O) groups is 1. The fourth-order valence-corrected chi connectivity index (χ4v) is 1.43. The van der Waals surface area contributed by atoms with Gasteiger partial charge in [-0.2, -0.15) is 0 Å². The molecule has 0 aliphatic heterocycles. The Morgan fingerprint density at radius 2 is 1.94 bits per heavy atom. The zero-order chi connectivity index (χ0) is 11.4. The number of carbonyl (C=O) groups excluding carboxylic acids is 1. The van der Waals surface area contributed by atoms with Crippen LogP contribution in [0.15, 0.2) is 43.0 Å². The Hall–Kier alpha value is -2.23. The Bertz CT molecular complexity index is 497. The van der Waals surface area contributed by atoms with Crippen LogP contribution in [0.3, 0.4) is 0 Å². The number of aromatic nitrogens is 2. The van der Waals surface area contributed by atoms with E-state index in [9.17, 15) is 4.79 Å². The number of benzene rings is 1. The molecule has 0 saturated carbocycles. The van der Waals surface area contributed by atoms with Crippen molar-refractivity contribution in [3.05, 3.63) is 48.5 Å². The first-order valence-electron chi connectivity index (χ1n) is 4.89. The van der Waals surface area contributed by atoms with Gasteiger partial charge in [-0.25, -0.2) is 9.97 Å². The standard InChI is InChI=1S/C12H11N3O/c1-13-12(16)10-4-2-3-9(5-10)11-6-14-8-15-7-11/h2-8H,1H3,(H,13,16). The molecule has 2 rings (SSSR count). The SMILES string of the molecule is CNC(=O)c1cccc(-c2cncnc2)c1. The summed E-state index contributed by atoms with van der Waals surface area (Å²) in [5.41, 5.74) is 2.46. The highest BCUT2D eigenvalue weighted by Crippen LogP contribution is 2.18. The van der Waals surface area contributed by atoms with Gasteiger partial charge in [-0.15, -0.1) is 0 Å². The number of nitrogens with zero attached hydrogens (tertiary/aromatic N) is 2. The summed E-state index contributed by atoms with van der Waals surface area (Å²) < 4.78 is 0. The number of hydrogen-bond donors (Lipinski definition) is 1. The average molecular weight is 213 g/mol. The van der Waals surface area contributed by atoms with Crippen molar-refractivity contribution in [3.8, 4) is 11.1 Å². The summed E-state index contributed by atoms with van der Waals surface area (Å²) in [6.07, 6.45) is 4.91. The van der Waals surface area contributed by atoms with Gasteiger partial charge >= 0.3 is 0 Å². The van der Waals surface area contributed by atoms with Crippen molar-refractivity contribution in [3.63, 3.8) is 0 Å². The van der Waals surface area contributed by atoms with Crippen molar-refractivity contribution in [2.75, 3.05) is 7.05 Å². The van der Waals surface area contributed by atoms with Crippen LogP contribution in [-0.4, -0.2) is 22.9 Å². The molecule has 80 valence electrons. The van der Waals surface area contributed by atoms with Gasteiger partial charge in [-0.3, -0.25) is 4.79 Å². The van der Waals surface area contributed by atoms with Crippen LogP contribution < -0.4 is 5.32 Å². The van der Waals surface area contributed by atoms with Crippen molar-refractivity contribution < 1.29 is 4.79 Å². The molecular weight excluding hydrogens is 202 g/mol. The maximum atomic E-state index is 11.5. The van der Waals surface area contributed by atoms with E-state index in [-0.39, 0.29) is 5.91 Å². The van der Waals surface area contributed by atoms with E-state index in [0.29, 0.717) is 5.56 Å². The quantitative estimate of drug-likeness (QED) is 0.822. The summed E-state index contributed by atoms with van der Waals surface area (Å²) in [6.45, 7) is 0. The first kappa shape index (κ1) is 10.3. The maximum absolute atomic E-state index is 11.5. The molecule has 0 aliphatic rings. The summed E-state index contributed by atoms with van der Waals surface area (Å²) in [5, 5.41) is 2.59. The minimum atomic E-state index is -0.0984. The van der Waals surface area contributed by atoms with Gasteiger partial charge in [-0.05, 0) is 17.7 Å². The second kappa shape index (κ2) is 4.53. The average Bonchev–Trinajstić information content (AvgIpc) is 2.39. The lowest BCUT2D eigenvalue weighted by Gasteiger charge is -2.03. The third-order valence-electron chi connectivity index (χ3n) is 2.25. The molecule has 1 N–H and O–H groups in total. The summed E-state index contributed by atoms with van der Waals surface area (Å²) in [4.78, 5) is 19.3. The van der Waals surface area contributed by atoms with Gasteiger partial charge in [0.05, 0.1) is 0 Å². The zero-order valence-corrected chi connectivity index (χ0v) is 8.84. The van der Waals surface area contributed by atoms with E-state index in [4.69, 9.17) is 0 Å². The highest BCUT2D eigenvalue weighted by molar-refractivity contribution is 5.95. The van der Waals surface area contributed by atoms with E-state index < -0.39 is 0 Å². The van der Waals surface area contributed by atoms with Gasteiger partial charge < -0.3 is 5.32 Å². The summed E-state index contributed by atoms with van der Waals surface area (Å²) in [5.74, 6) is -0.0984. The van der Waals surface area contributed by atoms with Crippen LogP contribution >= 0.6 is 0 Å². The van der Waals surface area contributed by atoms with Gasteiger partial charge in [0, 0.05) is 30.6 Å². The first-order valence-corrected chi connectivity index (χ1v) is 4.89. The fraction of sp³-hybridized carbons (Fsp3) is 0.0833. The maximum Gasteiger partial charge on any atom is 0.251 e. The molecule has 2 aromatic rings. The molecule has 0 saturated heterocycles. The molecule has 1 aromatic heterocycles. The van der Waals surface area contributed by atoms with Crippen LogP contribution in [0.5, 0.6) is 0 Å². The first-order chi connectivity index (χ1) is 7.81.